The smallest absolute Gasteiger partial charge is 0.412 e. The second kappa shape index (κ2) is 4.85. The van der Waals surface area contributed by atoms with Crippen molar-refractivity contribution in [3.8, 4) is 0 Å². The van der Waals surface area contributed by atoms with Gasteiger partial charge in [-0.05, 0) is 13.0 Å². The van der Waals surface area contributed by atoms with Gasteiger partial charge in [0.2, 0.25) is 0 Å². The van der Waals surface area contributed by atoms with E-state index < -0.39 is 0 Å². The summed E-state index contributed by atoms with van der Waals surface area (Å²) in [5, 5.41) is 2.47. The van der Waals surface area contributed by atoms with Gasteiger partial charge in [-0.1, -0.05) is 13.8 Å². The number of ether oxygens (including phenoxy) is 1. The van der Waals surface area contributed by atoms with Crippen molar-refractivity contribution in [1.29, 1.82) is 0 Å². The highest BCUT2D eigenvalue weighted by molar-refractivity contribution is 5.69. The summed E-state index contributed by atoms with van der Waals surface area (Å²) in [4.78, 5) is 10.3. The zero-order valence-corrected chi connectivity index (χ0v) is 6.60. The zero-order chi connectivity index (χ0) is 7.98. The van der Waals surface area contributed by atoms with Crippen LogP contribution in [0.15, 0.2) is 11.8 Å². The molecule has 0 unspecified atom stereocenters. The van der Waals surface area contributed by atoms with Crippen molar-refractivity contribution >= 4 is 6.09 Å². The van der Waals surface area contributed by atoms with E-state index in [1.807, 2.05) is 13.8 Å². The number of carbonyl (C=O) groups is 1. The molecule has 0 aromatic heterocycles. The molecule has 3 nitrogen and oxygen atoms in total. The number of nitrogens with one attached hydrogen (secondary N) is 1. The van der Waals surface area contributed by atoms with E-state index in [0.29, 0.717) is 12.3 Å². The van der Waals surface area contributed by atoms with E-state index in [1.165, 1.54) is 0 Å². The maximum atomic E-state index is 10.3. The molecule has 0 aliphatic carbocycles. The van der Waals surface area contributed by atoms with Gasteiger partial charge in [-0.15, -0.1) is 0 Å². The van der Waals surface area contributed by atoms with Crippen LogP contribution in [0.5, 0.6) is 0 Å². The first-order valence-electron chi connectivity index (χ1n) is 3.41. The summed E-state index contributed by atoms with van der Waals surface area (Å²) in [7, 11) is 0. The molecule has 0 aromatic carbocycles. The maximum absolute atomic E-state index is 10.3. The van der Waals surface area contributed by atoms with Gasteiger partial charge < -0.3 is 10.1 Å². The van der Waals surface area contributed by atoms with Gasteiger partial charge in [0.1, 0.15) is 5.76 Å². The van der Waals surface area contributed by atoms with Gasteiger partial charge >= 0.3 is 6.09 Å². The van der Waals surface area contributed by atoms with Crippen molar-refractivity contribution in [1.82, 2.24) is 5.32 Å². The fourth-order valence-electron chi connectivity index (χ4n) is 0.502. The van der Waals surface area contributed by atoms with Crippen LogP contribution in [0.1, 0.15) is 20.8 Å². The molecule has 0 aromatic rings. The predicted octanol–water partition coefficient (Wildman–Crippen LogP) is 1.66. The molecule has 1 aliphatic rings. The first-order chi connectivity index (χ1) is 4.79. The highest BCUT2D eigenvalue weighted by Crippen LogP contribution is 1.98. The maximum Gasteiger partial charge on any atom is 0.412 e. The first kappa shape index (κ1) is 9.01. The summed E-state index contributed by atoms with van der Waals surface area (Å²) >= 11 is 0. The average molecular weight is 143 g/mol. The van der Waals surface area contributed by atoms with Crippen molar-refractivity contribution in [2.45, 2.75) is 20.8 Å². The van der Waals surface area contributed by atoms with E-state index in [-0.39, 0.29) is 6.09 Å². The third-order valence-electron chi connectivity index (χ3n) is 0.890. The molecule has 1 N–H and O–H groups in total. The normalized spacial score (nSPS) is 15.5. The minimum absolute atomic E-state index is 0.356. The highest BCUT2D eigenvalue weighted by Gasteiger charge is 2.05. The molecule has 0 fully saturated rings. The molecule has 0 saturated heterocycles. The number of carbonyl (C=O) groups excluding carboxylic acids is 1. The van der Waals surface area contributed by atoms with Gasteiger partial charge in [0.15, 0.2) is 0 Å². The van der Waals surface area contributed by atoms with Crippen LogP contribution in [0.2, 0.25) is 0 Å². The molecule has 58 valence electrons. The predicted molar refractivity (Wildman–Crippen MR) is 39.6 cm³/mol. The molecular weight excluding hydrogens is 130 g/mol. The summed E-state index contributed by atoms with van der Waals surface area (Å²) in [5.74, 6) is 0.675. The Hall–Kier alpha value is -0.990. The van der Waals surface area contributed by atoms with E-state index in [2.05, 4.69) is 10.1 Å². The van der Waals surface area contributed by atoms with Crippen molar-refractivity contribution in [3.05, 3.63) is 11.8 Å². The topological polar surface area (TPSA) is 38.3 Å². The lowest BCUT2D eigenvalue weighted by atomic mass is 10.4. The van der Waals surface area contributed by atoms with E-state index in [9.17, 15) is 4.79 Å². The molecule has 1 amide bonds. The quantitative estimate of drug-likeness (QED) is 0.560. The van der Waals surface area contributed by atoms with Crippen LogP contribution in [0.4, 0.5) is 4.79 Å². The Morgan fingerprint density at radius 3 is 2.50 bits per heavy atom. The number of allylic oxidation sites excluding steroid dienone is 1. The largest absolute Gasteiger partial charge is 0.415 e. The van der Waals surface area contributed by atoms with Gasteiger partial charge in [-0.3, -0.25) is 0 Å². The zero-order valence-electron chi connectivity index (χ0n) is 6.60. The van der Waals surface area contributed by atoms with Gasteiger partial charge in [0, 0.05) is 6.54 Å². The van der Waals surface area contributed by atoms with Crippen LogP contribution in [0.3, 0.4) is 0 Å². The van der Waals surface area contributed by atoms with Gasteiger partial charge in [0.05, 0.1) is 0 Å². The van der Waals surface area contributed by atoms with E-state index in [1.54, 1.807) is 13.0 Å². The Labute approximate surface area is 61.1 Å². The number of alkyl carbamates (subject to hydrolysis) is 1. The third-order valence-corrected chi connectivity index (χ3v) is 0.890. The number of rotatable bonds is 0. The molecule has 0 spiro atoms. The molecule has 0 atom stereocenters. The second-order valence-corrected chi connectivity index (χ2v) is 1.59. The molecule has 1 aliphatic heterocycles. The molecule has 10 heavy (non-hydrogen) atoms. The van der Waals surface area contributed by atoms with Crippen molar-refractivity contribution in [2.75, 3.05) is 6.54 Å². The van der Waals surface area contributed by atoms with Gasteiger partial charge in [0.25, 0.3) is 0 Å². The summed E-state index contributed by atoms with van der Waals surface area (Å²) in [6, 6.07) is 0. The number of amides is 1. The van der Waals surface area contributed by atoms with Gasteiger partial charge in [-0.25, -0.2) is 4.79 Å². The fraction of sp³-hybridized carbons (Fsp3) is 0.571. The summed E-state index contributed by atoms with van der Waals surface area (Å²) in [6.45, 7) is 6.34. The van der Waals surface area contributed by atoms with Crippen molar-refractivity contribution < 1.29 is 9.53 Å². The van der Waals surface area contributed by atoms with Crippen LogP contribution in [-0.4, -0.2) is 12.6 Å². The van der Waals surface area contributed by atoms with Crippen molar-refractivity contribution in [2.24, 2.45) is 0 Å². The lowest BCUT2D eigenvalue weighted by Gasteiger charge is -2.09. The minimum Gasteiger partial charge on any atom is -0.415 e. The Bertz CT molecular complexity index is 141. The van der Waals surface area contributed by atoms with E-state index in [4.69, 9.17) is 0 Å². The molecular formula is C7H13NO2. The molecule has 0 radical (unpaired) electrons. The lowest BCUT2D eigenvalue weighted by Crippen LogP contribution is -2.27. The molecule has 1 heterocycles. The molecule has 1 rings (SSSR count). The average Bonchev–Trinajstić information content (AvgIpc) is 1.91. The first-order valence-corrected chi connectivity index (χ1v) is 3.41. The number of hydrogen-bond acceptors (Lipinski definition) is 2. The monoisotopic (exact) mass is 143 g/mol. The van der Waals surface area contributed by atoms with Crippen molar-refractivity contribution in [3.63, 3.8) is 0 Å². The fourth-order valence-corrected chi connectivity index (χ4v) is 0.502. The number of cyclic esters (lactones) is 1. The molecule has 0 saturated carbocycles. The minimum atomic E-state index is -0.356. The molecule has 3 heteroatoms. The standard InChI is InChI=1S/C5H7NO2.C2H6/c1-4-2-3-6-5(7)8-4;1-2/h2H,3H2,1H3,(H,6,7);1-2H3. The van der Waals surface area contributed by atoms with Crippen LogP contribution in [-0.2, 0) is 4.74 Å². The van der Waals surface area contributed by atoms with Crippen LogP contribution >= 0.6 is 0 Å². The lowest BCUT2D eigenvalue weighted by molar-refractivity contribution is 0.172. The Kier molecular flexibility index (Phi) is 4.37. The molecule has 0 bridgehead atoms. The summed E-state index contributed by atoms with van der Waals surface area (Å²) in [6.07, 6.45) is 1.45. The Balaban J connectivity index is 0.000000371. The summed E-state index contributed by atoms with van der Waals surface area (Å²) < 4.78 is 4.60. The Morgan fingerprint density at radius 1 is 1.60 bits per heavy atom. The SMILES string of the molecule is CC.CC1=CCNC(=O)O1. The second-order valence-electron chi connectivity index (χ2n) is 1.59. The summed E-state index contributed by atoms with van der Waals surface area (Å²) in [5.41, 5.74) is 0. The highest BCUT2D eigenvalue weighted by atomic mass is 16.6. The van der Waals surface area contributed by atoms with E-state index in [0.717, 1.165) is 0 Å². The van der Waals surface area contributed by atoms with E-state index >= 15 is 0 Å². The van der Waals surface area contributed by atoms with Crippen LogP contribution in [0.25, 0.3) is 0 Å². The van der Waals surface area contributed by atoms with Crippen LogP contribution < -0.4 is 5.32 Å². The number of hydrogen-bond donors (Lipinski definition) is 1. The van der Waals surface area contributed by atoms with Crippen LogP contribution in [0, 0.1) is 0 Å². The van der Waals surface area contributed by atoms with Gasteiger partial charge in [-0.2, -0.15) is 0 Å². The Morgan fingerprint density at radius 2 is 2.20 bits per heavy atom. The third kappa shape index (κ3) is 3.12.